The number of carbonyl (C=O) groups excluding carboxylic acids is 1. The molecule has 1 N–H and O–H groups in total. The van der Waals surface area contributed by atoms with E-state index in [9.17, 15) is 4.79 Å². The molecule has 0 radical (unpaired) electrons. The van der Waals surface area contributed by atoms with E-state index in [-0.39, 0.29) is 18.6 Å². The van der Waals surface area contributed by atoms with Gasteiger partial charge in [-0.15, -0.1) is 0 Å². The Morgan fingerprint density at radius 3 is 2.24 bits per heavy atom. The molecule has 29 heavy (non-hydrogen) atoms. The van der Waals surface area contributed by atoms with Crippen LogP contribution in [-0.4, -0.2) is 44.2 Å². The third kappa shape index (κ3) is 6.65. The third-order valence-electron chi connectivity index (χ3n) is 5.26. The van der Waals surface area contributed by atoms with Crippen LogP contribution >= 0.6 is 11.6 Å². The van der Waals surface area contributed by atoms with Crippen molar-refractivity contribution in [3.8, 4) is 11.5 Å². The quantitative estimate of drug-likeness (QED) is 0.690. The lowest BCUT2D eigenvalue weighted by Crippen LogP contribution is -2.40. The number of nitrogens with one attached hydrogen (secondary N) is 1. The van der Waals surface area contributed by atoms with E-state index in [4.69, 9.17) is 21.1 Å². The Hall–Kier alpha value is -2.24. The maximum Gasteiger partial charge on any atom is 0.258 e. The van der Waals surface area contributed by atoms with Gasteiger partial charge in [0.15, 0.2) is 6.61 Å². The summed E-state index contributed by atoms with van der Waals surface area (Å²) in [6.45, 7) is 2.63. The van der Waals surface area contributed by atoms with E-state index < -0.39 is 0 Å². The number of methoxy groups -OCH3 is 1. The Morgan fingerprint density at radius 2 is 1.62 bits per heavy atom. The van der Waals surface area contributed by atoms with Gasteiger partial charge in [-0.2, -0.15) is 0 Å². The summed E-state index contributed by atoms with van der Waals surface area (Å²) in [5.41, 5.74) is 1.19. The van der Waals surface area contributed by atoms with Gasteiger partial charge in [-0.3, -0.25) is 9.69 Å². The molecule has 1 fully saturated rings. The van der Waals surface area contributed by atoms with Crippen LogP contribution in [0.1, 0.15) is 37.3 Å². The van der Waals surface area contributed by atoms with Gasteiger partial charge < -0.3 is 14.8 Å². The molecule has 1 heterocycles. The molecule has 2 aromatic rings. The number of carbonyl (C=O) groups is 1. The molecule has 0 saturated carbocycles. The second-order valence-corrected chi connectivity index (χ2v) is 7.72. The summed E-state index contributed by atoms with van der Waals surface area (Å²) in [4.78, 5) is 14.9. The average Bonchev–Trinajstić information content (AvgIpc) is 3.03. The summed E-state index contributed by atoms with van der Waals surface area (Å²) in [5.74, 6) is 1.33. The number of hydrogen-bond acceptors (Lipinski definition) is 4. The molecule has 0 spiro atoms. The van der Waals surface area contributed by atoms with Gasteiger partial charge in [-0.1, -0.05) is 36.6 Å². The van der Waals surface area contributed by atoms with Crippen LogP contribution in [0.3, 0.4) is 0 Å². The Labute approximate surface area is 177 Å². The molecule has 1 aliphatic rings. The van der Waals surface area contributed by atoms with Crippen molar-refractivity contribution in [1.29, 1.82) is 0 Å². The van der Waals surface area contributed by atoms with Crippen molar-refractivity contribution in [1.82, 2.24) is 10.2 Å². The molecule has 2 aromatic carbocycles. The van der Waals surface area contributed by atoms with E-state index in [1.54, 1.807) is 31.4 Å². The van der Waals surface area contributed by atoms with Gasteiger partial charge in [-0.25, -0.2) is 0 Å². The van der Waals surface area contributed by atoms with Crippen LogP contribution in [0.15, 0.2) is 48.5 Å². The van der Waals surface area contributed by atoms with Gasteiger partial charge in [0.05, 0.1) is 13.2 Å². The van der Waals surface area contributed by atoms with Crippen LogP contribution in [0, 0.1) is 0 Å². The molecule has 3 rings (SSSR count). The smallest absolute Gasteiger partial charge is 0.258 e. The second kappa shape index (κ2) is 11.1. The minimum atomic E-state index is -0.131. The number of halogens is 1. The van der Waals surface area contributed by atoms with Gasteiger partial charge in [-0.05, 0) is 67.9 Å². The van der Waals surface area contributed by atoms with Crippen molar-refractivity contribution in [2.75, 3.05) is 33.4 Å². The maximum absolute atomic E-state index is 12.4. The van der Waals surface area contributed by atoms with Crippen molar-refractivity contribution in [2.45, 2.75) is 31.7 Å². The van der Waals surface area contributed by atoms with Crippen molar-refractivity contribution in [3.63, 3.8) is 0 Å². The average molecular weight is 417 g/mol. The van der Waals surface area contributed by atoms with E-state index in [0.717, 1.165) is 18.8 Å². The van der Waals surface area contributed by atoms with E-state index in [0.29, 0.717) is 17.3 Å². The highest BCUT2D eigenvalue weighted by atomic mass is 35.5. The zero-order valence-electron chi connectivity index (χ0n) is 16.9. The molecule has 156 valence electrons. The van der Waals surface area contributed by atoms with Crippen molar-refractivity contribution >= 4 is 17.5 Å². The Balaban J connectivity index is 1.60. The lowest BCUT2D eigenvalue weighted by Gasteiger charge is -2.31. The molecule has 0 aromatic heterocycles. The van der Waals surface area contributed by atoms with E-state index in [2.05, 4.69) is 22.3 Å². The normalized spacial score (nSPS) is 15.9. The molecule has 0 bridgehead atoms. The first-order valence-corrected chi connectivity index (χ1v) is 10.6. The fraction of sp³-hybridized carbons (Fsp3) is 0.435. The molecule has 0 aliphatic carbocycles. The van der Waals surface area contributed by atoms with Crippen LogP contribution in [0.2, 0.25) is 5.02 Å². The minimum Gasteiger partial charge on any atom is -0.497 e. The van der Waals surface area contributed by atoms with Crippen molar-refractivity contribution in [3.05, 3.63) is 59.1 Å². The summed E-state index contributed by atoms with van der Waals surface area (Å²) < 4.78 is 10.8. The Bertz CT molecular complexity index is 757. The van der Waals surface area contributed by atoms with Crippen LogP contribution in [0.4, 0.5) is 0 Å². The highest BCUT2D eigenvalue weighted by Crippen LogP contribution is 2.25. The van der Waals surface area contributed by atoms with Gasteiger partial charge in [0.1, 0.15) is 11.5 Å². The predicted molar refractivity (Wildman–Crippen MR) is 116 cm³/mol. The SMILES string of the molecule is COc1ccc(C(CNC(=O)COc2ccc(Cl)cc2)N2CCCCCC2)cc1. The maximum atomic E-state index is 12.4. The molecule has 1 aliphatic heterocycles. The minimum absolute atomic E-state index is 0.0169. The summed E-state index contributed by atoms with van der Waals surface area (Å²) in [7, 11) is 1.67. The largest absolute Gasteiger partial charge is 0.497 e. The zero-order chi connectivity index (χ0) is 20.5. The second-order valence-electron chi connectivity index (χ2n) is 7.29. The highest BCUT2D eigenvalue weighted by Gasteiger charge is 2.22. The number of amides is 1. The molecule has 1 atom stereocenters. The first-order chi connectivity index (χ1) is 14.2. The number of rotatable bonds is 8. The van der Waals surface area contributed by atoms with E-state index >= 15 is 0 Å². The summed E-state index contributed by atoms with van der Waals surface area (Å²) in [5, 5.41) is 3.69. The number of likely N-dealkylation sites (tertiary alicyclic amines) is 1. The van der Waals surface area contributed by atoms with Gasteiger partial charge >= 0.3 is 0 Å². The van der Waals surface area contributed by atoms with E-state index in [1.165, 1.54) is 31.2 Å². The molecule has 5 nitrogen and oxygen atoms in total. The van der Waals surface area contributed by atoms with Crippen molar-refractivity contribution < 1.29 is 14.3 Å². The van der Waals surface area contributed by atoms with Crippen molar-refractivity contribution in [2.24, 2.45) is 0 Å². The van der Waals surface area contributed by atoms with Crippen LogP contribution in [-0.2, 0) is 4.79 Å². The fourth-order valence-corrected chi connectivity index (χ4v) is 3.76. The zero-order valence-corrected chi connectivity index (χ0v) is 17.7. The monoisotopic (exact) mass is 416 g/mol. The first kappa shape index (κ1) is 21.5. The summed E-state index contributed by atoms with van der Waals surface area (Å²) >= 11 is 5.87. The summed E-state index contributed by atoms with van der Waals surface area (Å²) in [6.07, 6.45) is 4.93. The standard InChI is InChI=1S/C23H29ClN2O3/c1-28-20-10-6-18(7-11-20)22(26-14-4-2-3-5-15-26)16-25-23(27)17-29-21-12-8-19(24)9-13-21/h6-13,22H,2-5,14-17H2,1H3,(H,25,27). The predicted octanol–water partition coefficient (Wildman–Crippen LogP) is 4.46. The molecule has 1 saturated heterocycles. The molecular weight excluding hydrogens is 388 g/mol. The van der Waals surface area contributed by atoms with Crippen LogP contribution in [0.5, 0.6) is 11.5 Å². The van der Waals surface area contributed by atoms with Crippen LogP contribution in [0.25, 0.3) is 0 Å². The highest BCUT2D eigenvalue weighted by molar-refractivity contribution is 6.30. The molecule has 1 amide bonds. The van der Waals surface area contributed by atoms with Gasteiger partial charge in [0.25, 0.3) is 5.91 Å². The lowest BCUT2D eigenvalue weighted by atomic mass is 10.0. The first-order valence-electron chi connectivity index (χ1n) is 10.2. The van der Waals surface area contributed by atoms with E-state index in [1.807, 2.05) is 12.1 Å². The fourth-order valence-electron chi connectivity index (χ4n) is 3.63. The Kier molecular flexibility index (Phi) is 8.20. The molecule has 6 heteroatoms. The number of ether oxygens (including phenoxy) is 2. The number of nitrogens with zero attached hydrogens (tertiary/aromatic N) is 1. The molecule has 1 unspecified atom stereocenters. The number of hydrogen-bond donors (Lipinski definition) is 1. The summed E-state index contributed by atoms with van der Waals surface area (Å²) in [6, 6.07) is 15.3. The number of benzene rings is 2. The lowest BCUT2D eigenvalue weighted by molar-refractivity contribution is -0.123. The van der Waals surface area contributed by atoms with Crippen LogP contribution < -0.4 is 14.8 Å². The molecular formula is C23H29ClN2O3. The third-order valence-corrected chi connectivity index (χ3v) is 5.51. The van der Waals surface area contributed by atoms with Gasteiger partial charge in [0.2, 0.25) is 0 Å². The topological polar surface area (TPSA) is 50.8 Å². The Morgan fingerprint density at radius 1 is 1.00 bits per heavy atom. The van der Waals surface area contributed by atoms with Gasteiger partial charge in [0, 0.05) is 11.6 Å².